The van der Waals surface area contributed by atoms with E-state index in [9.17, 15) is 8.42 Å². The zero-order valence-corrected chi connectivity index (χ0v) is 12.4. The molecule has 0 radical (unpaired) electrons. The highest BCUT2D eigenvalue weighted by atomic mass is 32.2. The highest BCUT2D eigenvalue weighted by molar-refractivity contribution is 7.92. The Bertz CT molecular complexity index is 522. The number of anilines is 1. The Hall–Kier alpha value is -1.07. The van der Waals surface area contributed by atoms with Gasteiger partial charge in [-0.05, 0) is 49.9 Å². The molecule has 0 atom stereocenters. The first-order valence-corrected chi connectivity index (χ1v) is 8.56. The van der Waals surface area contributed by atoms with Gasteiger partial charge in [-0.25, -0.2) is 8.42 Å². The monoisotopic (exact) mass is 282 g/mol. The standard InChI is InChI=1S/C14H22N2O2S/c1-16(19(2,17)18)14-6-4-3-5-13(14)11-12-7-9-15-10-8-12/h3-6,12,15H,7-11H2,1-2H3. The molecule has 0 bridgehead atoms. The summed E-state index contributed by atoms with van der Waals surface area (Å²) in [6.45, 7) is 2.13. The number of benzene rings is 1. The number of nitrogens with zero attached hydrogens (tertiary/aromatic N) is 1. The molecule has 0 unspecified atom stereocenters. The lowest BCUT2D eigenvalue weighted by molar-refractivity contribution is 0.373. The highest BCUT2D eigenvalue weighted by Crippen LogP contribution is 2.26. The van der Waals surface area contributed by atoms with Gasteiger partial charge in [-0.2, -0.15) is 0 Å². The lowest BCUT2D eigenvalue weighted by Crippen LogP contribution is -2.30. The predicted octanol–water partition coefficient (Wildman–Crippen LogP) is 1.62. The summed E-state index contributed by atoms with van der Waals surface area (Å²) in [5, 5.41) is 3.36. The van der Waals surface area contributed by atoms with Gasteiger partial charge >= 0.3 is 0 Å². The molecule has 0 amide bonds. The molecule has 1 N–H and O–H groups in total. The molecule has 0 aliphatic carbocycles. The highest BCUT2D eigenvalue weighted by Gasteiger charge is 2.19. The van der Waals surface area contributed by atoms with Crippen LogP contribution in [0.15, 0.2) is 24.3 Å². The Balaban J connectivity index is 2.20. The SMILES string of the molecule is CN(c1ccccc1CC1CCNCC1)S(C)(=O)=O. The molecule has 4 nitrogen and oxygen atoms in total. The van der Waals surface area contributed by atoms with Crippen molar-refractivity contribution >= 4 is 15.7 Å². The Kier molecular flexibility index (Phi) is 4.47. The van der Waals surface area contributed by atoms with Crippen LogP contribution in [0.2, 0.25) is 0 Å². The lowest BCUT2D eigenvalue weighted by atomic mass is 9.90. The number of hydrogen-bond acceptors (Lipinski definition) is 3. The van der Waals surface area contributed by atoms with Gasteiger partial charge in [-0.3, -0.25) is 4.31 Å². The van der Waals surface area contributed by atoms with E-state index < -0.39 is 10.0 Å². The summed E-state index contributed by atoms with van der Waals surface area (Å²) in [6.07, 6.45) is 4.53. The molecule has 106 valence electrons. The Morgan fingerprint density at radius 3 is 2.53 bits per heavy atom. The average Bonchev–Trinajstić information content (AvgIpc) is 2.39. The maximum absolute atomic E-state index is 11.7. The Morgan fingerprint density at radius 1 is 1.26 bits per heavy atom. The van der Waals surface area contributed by atoms with Crippen LogP contribution >= 0.6 is 0 Å². The molecule has 0 saturated carbocycles. The van der Waals surface area contributed by atoms with Crippen LogP contribution in [-0.2, 0) is 16.4 Å². The second kappa shape index (κ2) is 5.92. The van der Waals surface area contributed by atoms with Gasteiger partial charge in [-0.15, -0.1) is 0 Å². The van der Waals surface area contributed by atoms with Gasteiger partial charge in [0.15, 0.2) is 0 Å². The first-order valence-electron chi connectivity index (χ1n) is 6.71. The van der Waals surface area contributed by atoms with E-state index in [1.165, 1.54) is 10.6 Å². The van der Waals surface area contributed by atoms with E-state index in [1.807, 2.05) is 24.3 Å². The second-order valence-electron chi connectivity index (χ2n) is 5.26. The molecule has 19 heavy (non-hydrogen) atoms. The van der Waals surface area contributed by atoms with Gasteiger partial charge in [0, 0.05) is 7.05 Å². The van der Waals surface area contributed by atoms with E-state index >= 15 is 0 Å². The van der Waals surface area contributed by atoms with Gasteiger partial charge in [0.1, 0.15) is 0 Å². The van der Waals surface area contributed by atoms with Crippen LogP contribution in [0, 0.1) is 5.92 Å². The molecular formula is C14H22N2O2S. The van der Waals surface area contributed by atoms with Crippen molar-refractivity contribution in [3.8, 4) is 0 Å². The molecule has 1 aliphatic heterocycles. The molecular weight excluding hydrogens is 260 g/mol. The van der Waals surface area contributed by atoms with Gasteiger partial charge in [-0.1, -0.05) is 18.2 Å². The van der Waals surface area contributed by atoms with Gasteiger partial charge < -0.3 is 5.32 Å². The second-order valence-corrected chi connectivity index (χ2v) is 7.27. The van der Waals surface area contributed by atoms with E-state index in [0.29, 0.717) is 5.92 Å². The maximum Gasteiger partial charge on any atom is 0.232 e. The largest absolute Gasteiger partial charge is 0.317 e. The topological polar surface area (TPSA) is 49.4 Å². The summed E-state index contributed by atoms with van der Waals surface area (Å²) in [5.41, 5.74) is 1.94. The van der Waals surface area contributed by atoms with Crippen molar-refractivity contribution in [2.24, 2.45) is 5.92 Å². The lowest BCUT2D eigenvalue weighted by Gasteiger charge is -2.25. The van der Waals surface area contributed by atoms with Crippen molar-refractivity contribution in [2.75, 3.05) is 30.7 Å². The fourth-order valence-electron chi connectivity index (χ4n) is 2.57. The van der Waals surface area contributed by atoms with Crippen molar-refractivity contribution in [3.05, 3.63) is 29.8 Å². The third-order valence-electron chi connectivity index (χ3n) is 3.80. The smallest absolute Gasteiger partial charge is 0.232 e. The third kappa shape index (κ3) is 3.70. The Labute approximate surface area is 115 Å². The summed E-state index contributed by atoms with van der Waals surface area (Å²) >= 11 is 0. The average molecular weight is 282 g/mol. The van der Waals surface area contributed by atoms with Crippen molar-refractivity contribution < 1.29 is 8.42 Å². The quantitative estimate of drug-likeness (QED) is 0.913. The minimum atomic E-state index is -3.20. The summed E-state index contributed by atoms with van der Waals surface area (Å²) in [4.78, 5) is 0. The zero-order chi connectivity index (χ0) is 13.9. The fraction of sp³-hybridized carbons (Fsp3) is 0.571. The normalized spacial score (nSPS) is 17.4. The number of para-hydroxylation sites is 1. The number of sulfonamides is 1. The number of piperidine rings is 1. The van der Waals surface area contributed by atoms with Crippen molar-refractivity contribution in [2.45, 2.75) is 19.3 Å². The molecule has 1 aromatic rings. The summed E-state index contributed by atoms with van der Waals surface area (Å²) in [5.74, 6) is 0.648. The molecule has 0 aromatic heterocycles. The van der Waals surface area contributed by atoms with Crippen molar-refractivity contribution in [1.29, 1.82) is 0 Å². The summed E-state index contributed by atoms with van der Waals surface area (Å²) in [6, 6.07) is 7.80. The molecule has 1 saturated heterocycles. The van der Waals surface area contributed by atoms with E-state index in [-0.39, 0.29) is 0 Å². The van der Waals surface area contributed by atoms with Crippen molar-refractivity contribution in [3.63, 3.8) is 0 Å². The molecule has 2 rings (SSSR count). The van der Waals surface area contributed by atoms with Crippen LogP contribution in [-0.4, -0.2) is 34.8 Å². The number of nitrogens with one attached hydrogen (secondary N) is 1. The molecule has 0 spiro atoms. The van der Waals surface area contributed by atoms with Crippen molar-refractivity contribution in [1.82, 2.24) is 5.32 Å². The first kappa shape index (κ1) is 14.3. The van der Waals surface area contributed by atoms with Crippen LogP contribution in [0.25, 0.3) is 0 Å². The maximum atomic E-state index is 11.7. The summed E-state index contributed by atoms with van der Waals surface area (Å²) in [7, 11) is -1.58. The molecule has 1 aliphatic rings. The fourth-order valence-corrected chi connectivity index (χ4v) is 3.10. The van der Waals surface area contributed by atoms with Crippen LogP contribution < -0.4 is 9.62 Å². The molecule has 1 aromatic carbocycles. The van der Waals surface area contributed by atoms with E-state index in [0.717, 1.165) is 43.6 Å². The minimum absolute atomic E-state index is 0.648. The van der Waals surface area contributed by atoms with Gasteiger partial charge in [0.25, 0.3) is 0 Å². The number of hydrogen-bond donors (Lipinski definition) is 1. The van der Waals surface area contributed by atoms with E-state index in [1.54, 1.807) is 7.05 Å². The van der Waals surface area contributed by atoms with Crippen LogP contribution in [0.5, 0.6) is 0 Å². The minimum Gasteiger partial charge on any atom is -0.317 e. The van der Waals surface area contributed by atoms with E-state index in [4.69, 9.17) is 0 Å². The summed E-state index contributed by atoms with van der Waals surface area (Å²) < 4.78 is 24.8. The Morgan fingerprint density at radius 2 is 1.89 bits per heavy atom. The van der Waals surface area contributed by atoms with Gasteiger partial charge in [0.05, 0.1) is 11.9 Å². The first-order chi connectivity index (χ1) is 8.98. The van der Waals surface area contributed by atoms with Crippen LogP contribution in [0.4, 0.5) is 5.69 Å². The van der Waals surface area contributed by atoms with Crippen LogP contribution in [0.1, 0.15) is 18.4 Å². The van der Waals surface area contributed by atoms with Crippen LogP contribution in [0.3, 0.4) is 0 Å². The van der Waals surface area contributed by atoms with Gasteiger partial charge in [0.2, 0.25) is 10.0 Å². The molecule has 5 heteroatoms. The molecule has 1 fully saturated rings. The predicted molar refractivity (Wildman–Crippen MR) is 79.0 cm³/mol. The molecule has 1 heterocycles. The third-order valence-corrected chi connectivity index (χ3v) is 4.99. The van der Waals surface area contributed by atoms with E-state index in [2.05, 4.69) is 5.32 Å². The number of rotatable bonds is 4. The zero-order valence-electron chi connectivity index (χ0n) is 11.6.